The number of nitrogens with two attached hydrogens (primary N) is 1. The Labute approximate surface area is 186 Å². The summed E-state index contributed by atoms with van der Waals surface area (Å²) in [7, 11) is 0. The fourth-order valence-electron chi connectivity index (χ4n) is 3.72. The molecule has 2 atom stereocenters. The highest BCUT2D eigenvalue weighted by molar-refractivity contribution is 6.30. The van der Waals surface area contributed by atoms with Gasteiger partial charge in [-0.15, -0.1) is 0 Å². The summed E-state index contributed by atoms with van der Waals surface area (Å²) in [5, 5.41) is 7.12. The van der Waals surface area contributed by atoms with Gasteiger partial charge >= 0.3 is 0 Å². The number of halogens is 3. The van der Waals surface area contributed by atoms with E-state index >= 15 is 0 Å². The van der Waals surface area contributed by atoms with E-state index < -0.39 is 29.8 Å². The molecule has 0 spiro atoms. The topological polar surface area (TPSA) is 119 Å². The molecule has 0 bridgehead atoms. The predicted octanol–water partition coefficient (Wildman–Crippen LogP) is 1.76. The van der Waals surface area contributed by atoms with Crippen molar-refractivity contribution in [2.24, 2.45) is 0 Å². The first-order valence-corrected chi connectivity index (χ1v) is 10.2. The van der Waals surface area contributed by atoms with Gasteiger partial charge in [0.25, 0.3) is 0 Å². The highest BCUT2D eigenvalue weighted by Crippen LogP contribution is 2.23. The van der Waals surface area contributed by atoms with Crippen molar-refractivity contribution in [1.82, 2.24) is 30.0 Å². The third-order valence-electron chi connectivity index (χ3n) is 5.28. The highest BCUT2D eigenvalue weighted by atomic mass is 35.5. The number of nitrogens with one attached hydrogen (secondary N) is 1. The van der Waals surface area contributed by atoms with Gasteiger partial charge in [-0.3, -0.25) is 9.59 Å². The molecule has 0 unspecified atom stereocenters. The molecule has 32 heavy (non-hydrogen) atoms. The van der Waals surface area contributed by atoms with Crippen LogP contribution in [0.25, 0.3) is 11.0 Å². The Morgan fingerprint density at radius 3 is 2.91 bits per heavy atom. The Morgan fingerprint density at radius 2 is 2.12 bits per heavy atom. The molecule has 0 radical (unpaired) electrons. The van der Waals surface area contributed by atoms with E-state index in [-0.39, 0.29) is 42.5 Å². The molecule has 9 nitrogen and oxygen atoms in total. The summed E-state index contributed by atoms with van der Waals surface area (Å²) in [5.74, 6) is -1.06. The van der Waals surface area contributed by atoms with Gasteiger partial charge in [-0.2, -0.15) is 5.10 Å². The normalized spacial score (nSPS) is 18.3. The van der Waals surface area contributed by atoms with Gasteiger partial charge in [-0.25, -0.2) is 23.4 Å². The van der Waals surface area contributed by atoms with Crippen LogP contribution in [0.15, 0.2) is 24.4 Å². The van der Waals surface area contributed by atoms with Crippen LogP contribution in [0.3, 0.4) is 0 Å². The summed E-state index contributed by atoms with van der Waals surface area (Å²) in [6.07, 6.45) is -0.0561. The SMILES string of the molecule is Cc1nc(N)c2cnn(CC(=O)N3C[C@H](F)C[C@H]3C(=O)NCc3cccc(Cl)c3F)c2n1. The van der Waals surface area contributed by atoms with Gasteiger partial charge in [0.05, 0.1) is 23.2 Å². The Balaban J connectivity index is 1.48. The largest absolute Gasteiger partial charge is 0.383 e. The average Bonchev–Trinajstić information content (AvgIpc) is 3.33. The van der Waals surface area contributed by atoms with Gasteiger partial charge in [0.1, 0.15) is 36.2 Å². The van der Waals surface area contributed by atoms with E-state index in [0.717, 1.165) is 0 Å². The first-order chi connectivity index (χ1) is 15.2. The van der Waals surface area contributed by atoms with Gasteiger partial charge in [0.2, 0.25) is 11.8 Å². The Kier molecular flexibility index (Phi) is 5.92. The first-order valence-electron chi connectivity index (χ1n) is 9.84. The zero-order valence-corrected chi connectivity index (χ0v) is 17.8. The Hall–Kier alpha value is -3.34. The molecule has 1 saturated heterocycles. The van der Waals surface area contributed by atoms with E-state index in [2.05, 4.69) is 20.4 Å². The predicted molar refractivity (Wildman–Crippen MR) is 113 cm³/mol. The molecule has 3 aromatic rings. The fourth-order valence-corrected chi connectivity index (χ4v) is 3.91. The lowest BCUT2D eigenvalue weighted by atomic mass is 10.1. The molecule has 1 aromatic carbocycles. The van der Waals surface area contributed by atoms with Crippen LogP contribution in [0.4, 0.5) is 14.6 Å². The van der Waals surface area contributed by atoms with Crippen LogP contribution < -0.4 is 11.1 Å². The second-order valence-electron chi connectivity index (χ2n) is 7.52. The number of likely N-dealkylation sites (tertiary alicyclic amines) is 1. The van der Waals surface area contributed by atoms with Crippen LogP contribution in [0, 0.1) is 12.7 Å². The van der Waals surface area contributed by atoms with Crippen LogP contribution in [-0.4, -0.2) is 55.2 Å². The average molecular weight is 464 g/mol. The lowest BCUT2D eigenvalue weighted by Gasteiger charge is -2.23. The Bertz CT molecular complexity index is 1200. The zero-order valence-electron chi connectivity index (χ0n) is 17.1. The maximum absolute atomic E-state index is 14.2. The van der Waals surface area contributed by atoms with E-state index in [1.807, 2.05) is 0 Å². The second-order valence-corrected chi connectivity index (χ2v) is 7.93. The second kappa shape index (κ2) is 8.65. The number of aryl methyl sites for hydroxylation is 1. The molecule has 4 rings (SSSR count). The number of anilines is 1. The lowest BCUT2D eigenvalue weighted by molar-refractivity contribution is -0.139. The number of amides is 2. The number of carbonyl (C=O) groups is 2. The van der Waals surface area contributed by atoms with Gasteiger partial charge in [-0.1, -0.05) is 23.7 Å². The van der Waals surface area contributed by atoms with Crippen LogP contribution in [-0.2, 0) is 22.7 Å². The third-order valence-corrected chi connectivity index (χ3v) is 5.57. The highest BCUT2D eigenvalue weighted by Gasteiger charge is 2.39. The van der Waals surface area contributed by atoms with E-state index in [9.17, 15) is 18.4 Å². The number of benzene rings is 1. The standard InChI is InChI=1S/C20H20ClF2N7O2/c1-10-27-18(24)13-7-26-30(19(13)28-10)9-16(31)29-8-12(22)5-15(29)20(32)25-6-11-3-2-4-14(21)17(11)23/h2-4,7,12,15H,5-6,8-9H2,1H3,(H,25,32)(H2,24,27,28)/t12-,15+/m1/s1. The number of carbonyl (C=O) groups excluding carboxylic acids is 2. The smallest absolute Gasteiger partial charge is 0.245 e. The molecular weight excluding hydrogens is 444 g/mol. The van der Waals surface area contributed by atoms with Crippen molar-refractivity contribution in [3.05, 3.63) is 46.6 Å². The van der Waals surface area contributed by atoms with Crippen LogP contribution in [0.1, 0.15) is 17.8 Å². The number of hydrogen-bond acceptors (Lipinski definition) is 6. The summed E-state index contributed by atoms with van der Waals surface area (Å²) >= 11 is 5.75. The molecule has 2 aromatic heterocycles. The zero-order chi connectivity index (χ0) is 23.0. The van der Waals surface area contributed by atoms with Gasteiger partial charge in [0.15, 0.2) is 5.65 Å². The molecule has 1 aliphatic rings. The molecule has 1 aliphatic heterocycles. The van der Waals surface area contributed by atoms with Crippen molar-refractivity contribution in [3.63, 3.8) is 0 Å². The minimum Gasteiger partial charge on any atom is -0.383 e. The molecule has 168 valence electrons. The molecule has 3 N–H and O–H groups in total. The lowest BCUT2D eigenvalue weighted by Crippen LogP contribution is -2.46. The fraction of sp³-hybridized carbons (Fsp3) is 0.350. The number of nitrogens with zero attached hydrogens (tertiary/aromatic N) is 5. The minimum absolute atomic E-state index is 0.0654. The third kappa shape index (κ3) is 4.20. The molecule has 3 heterocycles. The van der Waals surface area contributed by atoms with Gasteiger partial charge < -0.3 is 16.0 Å². The molecule has 1 fully saturated rings. The molecule has 12 heteroatoms. The molecule has 0 aliphatic carbocycles. The number of hydrogen-bond donors (Lipinski definition) is 2. The van der Waals surface area contributed by atoms with Crippen molar-refractivity contribution >= 4 is 40.3 Å². The number of aromatic nitrogens is 4. The van der Waals surface area contributed by atoms with Crippen molar-refractivity contribution in [2.45, 2.75) is 38.6 Å². The van der Waals surface area contributed by atoms with Crippen LogP contribution in [0.2, 0.25) is 5.02 Å². The summed E-state index contributed by atoms with van der Waals surface area (Å²) in [5.41, 5.74) is 6.43. The number of rotatable bonds is 5. The monoisotopic (exact) mass is 463 g/mol. The van der Waals surface area contributed by atoms with E-state index in [1.54, 1.807) is 13.0 Å². The summed E-state index contributed by atoms with van der Waals surface area (Å²) in [6.45, 7) is 1.04. The van der Waals surface area contributed by atoms with Crippen molar-refractivity contribution in [2.75, 3.05) is 12.3 Å². The number of nitrogen functional groups attached to an aromatic ring is 1. The van der Waals surface area contributed by atoms with Crippen LogP contribution in [0.5, 0.6) is 0 Å². The molecular formula is C20H20ClF2N7O2. The van der Waals surface area contributed by atoms with E-state index in [4.69, 9.17) is 17.3 Å². The molecule has 0 saturated carbocycles. The summed E-state index contributed by atoms with van der Waals surface area (Å²) in [6, 6.07) is 3.41. The van der Waals surface area contributed by atoms with Crippen molar-refractivity contribution in [3.8, 4) is 0 Å². The van der Waals surface area contributed by atoms with Crippen molar-refractivity contribution < 1.29 is 18.4 Å². The number of alkyl halides is 1. The van der Waals surface area contributed by atoms with Gasteiger partial charge in [-0.05, 0) is 13.0 Å². The Morgan fingerprint density at radius 1 is 1.34 bits per heavy atom. The van der Waals surface area contributed by atoms with Gasteiger partial charge in [0, 0.05) is 18.5 Å². The quantitative estimate of drug-likeness (QED) is 0.595. The minimum atomic E-state index is -1.35. The van der Waals surface area contributed by atoms with E-state index in [1.165, 1.54) is 27.9 Å². The maximum Gasteiger partial charge on any atom is 0.245 e. The summed E-state index contributed by atoms with van der Waals surface area (Å²) < 4.78 is 29.5. The van der Waals surface area contributed by atoms with E-state index in [0.29, 0.717) is 16.9 Å². The first kappa shape index (κ1) is 21.9. The number of fused-ring (bicyclic) bond motifs is 1. The van der Waals surface area contributed by atoms with Crippen molar-refractivity contribution in [1.29, 1.82) is 0 Å². The summed E-state index contributed by atoms with van der Waals surface area (Å²) in [4.78, 5) is 35.1. The maximum atomic E-state index is 14.2. The molecule has 2 amide bonds. The van der Waals surface area contributed by atoms with Crippen LogP contribution >= 0.6 is 11.6 Å².